The first-order valence-corrected chi connectivity index (χ1v) is 12.8. The molecule has 4 rings (SSSR count). The number of nitrogens with one attached hydrogen (secondary N) is 1. The third-order valence-electron chi connectivity index (χ3n) is 4.90. The van der Waals surface area contributed by atoms with Gasteiger partial charge >= 0.3 is 0 Å². The Hall–Kier alpha value is -3.80. The number of nitriles is 1. The summed E-state index contributed by atoms with van der Waals surface area (Å²) in [6, 6.07) is 16.5. The molecule has 0 bridgehead atoms. The maximum absolute atomic E-state index is 9.99. The number of nitrogens with two attached hydrogens (primary N) is 1. The van der Waals surface area contributed by atoms with Gasteiger partial charge in [0.1, 0.15) is 29.3 Å². The summed E-state index contributed by atoms with van der Waals surface area (Å²) >= 11 is 8.73. The smallest absolute Gasteiger partial charge is 0.236 e. The number of pyridine rings is 1. The number of ether oxygens (including phenoxy) is 1. The number of hydrogen-bond acceptors (Lipinski definition) is 9. The molecule has 0 atom stereocenters. The molecular formula is C25H19ClN6O2S2. The van der Waals surface area contributed by atoms with Gasteiger partial charge in [-0.25, -0.2) is 14.8 Å². The Balaban J connectivity index is 1.57. The van der Waals surface area contributed by atoms with E-state index < -0.39 is 0 Å². The highest BCUT2D eigenvalue weighted by atomic mass is 35.5. The Morgan fingerprint density at radius 3 is 2.61 bits per heavy atom. The molecule has 0 aliphatic carbocycles. The van der Waals surface area contributed by atoms with E-state index in [1.807, 2.05) is 17.5 Å². The molecule has 8 nitrogen and oxygen atoms in total. The van der Waals surface area contributed by atoms with Crippen LogP contribution in [0, 0.1) is 17.9 Å². The summed E-state index contributed by atoms with van der Waals surface area (Å²) in [5.41, 5.74) is 9.30. The zero-order valence-electron chi connectivity index (χ0n) is 18.7. The van der Waals surface area contributed by atoms with Crippen molar-refractivity contribution in [2.75, 3.05) is 24.3 Å². The van der Waals surface area contributed by atoms with Crippen molar-refractivity contribution in [3.63, 3.8) is 0 Å². The van der Waals surface area contributed by atoms with Gasteiger partial charge in [-0.2, -0.15) is 5.26 Å². The molecule has 4 aromatic rings. The molecule has 0 fully saturated rings. The summed E-state index contributed by atoms with van der Waals surface area (Å²) in [5.74, 6) is 1.09. The molecule has 2 aromatic carbocycles. The summed E-state index contributed by atoms with van der Waals surface area (Å²) < 4.78 is 5.41. The van der Waals surface area contributed by atoms with Gasteiger partial charge in [0.25, 0.3) is 0 Å². The number of thiazole rings is 1. The second-order valence-electron chi connectivity index (χ2n) is 7.29. The second kappa shape index (κ2) is 11.8. The van der Waals surface area contributed by atoms with E-state index in [1.54, 1.807) is 36.4 Å². The zero-order chi connectivity index (χ0) is 25.5. The highest BCUT2D eigenvalue weighted by molar-refractivity contribution is 7.98. The first-order valence-electron chi connectivity index (χ1n) is 10.6. The van der Waals surface area contributed by atoms with E-state index in [0.29, 0.717) is 32.7 Å². The maximum Gasteiger partial charge on any atom is 0.236 e. The minimum atomic E-state index is -0.0959. The van der Waals surface area contributed by atoms with Gasteiger partial charge in [-0.1, -0.05) is 35.5 Å². The maximum atomic E-state index is 9.99. The van der Waals surface area contributed by atoms with Crippen LogP contribution in [0.25, 0.3) is 16.0 Å². The van der Waals surface area contributed by atoms with E-state index in [2.05, 4.69) is 26.2 Å². The van der Waals surface area contributed by atoms with Gasteiger partial charge in [-0.05, 0) is 42.0 Å². The van der Waals surface area contributed by atoms with Crippen LogP contribution >= 0.6 is 34.7 Å². The molecule has 0 amide bonds. The Labute approximate surface area is 221 Å². The lowest BCUT2D eigenvalue weighted by Gasteiger charge is -2.13. The third kappa shape index (κ3) is 5.88. The Morgan fingerprint density at radius 2 is 1.94 bits per heavy atom. The van der Waals surface area contributed by atoms with Crippen LogP contribution in [-0.4, -0.2) is 28.3 Å². The normalized spacial score (nSPS) is 10.4. The van der Waals surface area contributed by atoms with Crippen LogP contribution in [0.15, 0.2) is 58.9 Å². The second-order valence-corrected chi connectivity index (χ2v) is 9.54. The van der Waals surface area contributed by atoms with Crippen molar-refractivity contribution in [3.05, 3.63) is 81.6 Å². The Bertz CT molecular complexity index is 1440. The SMILES string of the molecule is [C-]#[N+]c1c(N)nc(SCc2csc(Nc3ccc(Cl)cc3)n2)c(C#N)c1-c1ccc(OCCO)cc1. The molecular weight excluding hydrogens is 516 g/mol. The average Bonchev–Trinajstić information content (AvgIpc) is 3.34. The summed E-state index contributed by atoms with van der Waals surface area (Å²) in [6.45, 7) is 7.68. The molecule has 2 heterocycles. The number of nitrogen functional groups attached to an aromatic ring is 1. The number of aromatic nitrogens is 2. The van der Waals surface area contributed by atoms with E-state index in [9.17, 15) is 5.26 Å². The summed E-state index contributed by atoms with van der Waals surface area (Å²) in [5, 5.41) is 25.9. The van der Waals surface area contributed by atoms with Gasteiger partial charge in [-0.3, -0.25) is 0 Å². The van der Waals surface area contributed by atoms with Gasteiger partial charge in [0, 0.05) is 27.4 Å². The molecule has 0 aliphatic rings. The predicted molar refractivity (Wildman–Crippen MR) is 144 cm³/mol. The molecule has 0 saturated heterocycles. The minimum absolute atomic E-state index is 0.0606. The molecule has 0 spiro atoms. The van der Waals surface area contributed by atoms with E-state index in [4.69, 9.17) is 33.8 Å². The molecule has 0 aliphatic heterocycles. The van der Waals surface area contributed by atoms with Crippen molar-refractivity contribution < 1.29 is 9.84 Å². The molecule has 0 unspecified atom stereocenters. The van der Waals surface area contributed by atoms with Gasteiger partial charge in [-0.15, -0.1) is 11.3 Å². The lowest BCUT2D eigenvalue weighted by Crippen LogP contribution is -2.02. The van der Waals surface area contributed by atoms with E-state index in [0.717, 1.165) is 16.5 Å². The predicted octanol–water partition coefficient (Wildman–Crippen LogP) is 6.27. The fourth-order valence-electron chi connectivity index (χ4n) is 3.29. The summed E-state index contributed by atoms with van der Waals surface area (Å²) in [4.78, 5) is 12.5. The van der Waals surface area contributed by atoms with Crippen molar-refractivity contribution >= 4 is 57.0 Å². The van der Waals surface area contributed by atoms with Gasteiger partial charge in [0.15, 0.2) is 5.13 Å². The van der Waals surface area contributed by atoms with Gasteiger partial charge in [0.2, 0.25) is 5.69 Å². The van der Waals surface area contributed by atoms with Crippen molar-refractivity contribution in [2.24, 2.45) is 0 Å². The standard InChI is InChI=1S/C25H19ClN6O2S2/c1-29-22-21(15-2-8-19(9-3-15)34-11-10-33)20(12-27)24(32-23(22)28)35-13-18-14-36-25(31-18)30-17-6-4-16(26)5-7-17/h2-9,14,33H,10-11,13H2,(H2,28,32)(H,30,31). The van der Waals surface area contributed by atoms with Crippen LogP contribution in [-0.2, 0) is 5.75 Å². The van der Waals surface area contributed by atoms with Gasteiger partial charge in [0.05, 0.1) is 24.4 Å². The molecule has 11 heteroatoms. The number of aliphatic hydroxyl groups excluding tert-OH is 1. The zero-order valence-corrected chi connectivity index (χ0v) is 21.1. The number of thioether (sulfide) groups is 1. The van der Waals surface area contributed by atoms with Gasteiger partial charge < -0.3 is 20.9 Å². The number of anilines is 3. The molecule has 36 heavy (non-hydrogen) atoms. The fourth-order valence-corrected chi connectivity index (χ4v) is 5.13. The number of aliphatic hydroxyl groups is 1. The first kappa shape index (κ1) is 25.3. The summed E-state index contributed by atoms with van der Waals surface area (Å²) in [7, 11) is 0. The van der Waals surface area contributed by atoms with Crippen molar-refractivity contribution in [1.29, 1.82) is 5.26 Å². The highest BCUT2D eigenvalue weighted by Crippen LogP contribution is 2.42. The van der Waals surface area contributed by atoms with E-state index in [1.165, 1.54) is 23.1 Å². The largest absolute Gasteiger partial charge is 0.491 e. The molecule has 2 aromatic heterocycles. The number of nitrogens with zero attached hydrogens (tertiary/aromatic N) is 4. The van der Waals surface area contributed by atoms with E-state index in [-0.39, 0.29) is 30.3 Å². The molecule has 0 saturated carbocycles. The lowest BCUT2D eigenvalue weighted by molar-refractivity contribution is 0.201. The van der Waals surface area contributed by atoms with Crippen LogP contribution in [0.3, 0.4) is 0 Å². The average molecular weight is 535 g/mol. The van der Waals surface area contributed by atoms with Crippen molar-refractivity contribution in [3.8, 4) is 22.9 Å². The number of rotatable bonds is 9. The molecule has 4 N–H and O–H groups in total. The van der Waals surface area contributed by atoms with Crippen LogP contribution < -0.4 is 15.8 Å². The van der Waals surface area contributed by atoms with Crippen LogP contribution in [0.4, 0.5) is 22.3 Å². The van der Waals surface area contributed by atoms with Crippen LogP contribution in [0.5, 0.6) is 5.75 Å². The quantitative estimate of drug-likeness (QED) is 0.170. The number of benzene rings is 2. The minimum Gasteiger partial charge on any atom is -0.491 e. The topological polar surface area (TPSA) is 121 Å². The number of halogens is 1. The Morgan fingerprint density at radius 1 is 1.19 bits per heavy atom. The molecule has 0 radical (unpaired) electrons. The van der Waals surface area contributed by atoms with Crippen molar-refractivity contribution in [2.45, 2.75) is 10.8 Å². The number of hydrogen-bond donors (Lipinski definition) is 3. The van der Waals surface area contributed by atoms with Crippen LogP contribution in [0.1, 0.15) is 11.3 Å². The highest BCUT2D eigenvalue weighted by Gasteiger charge is 2.21. The summed E-state index contributed by atoms with van der Waals surface area (Å²) in [6.07, 6.45) is 0. The first-order chi connectivity index (χ1) is 17.5. The lowest BCUT2D eigenvalue weighted by atomic mass is 10.00. The van der Waals surface area contributed by atoms with Crippen LogP contribution in [0.2, 0.25) is 5.02 Å². The monoisotopic (exact) mass is 534 g/mol. The molecule has 180 valence electrons. The van der Waals surface area contributed by atoms with Crippen molar-refractivity contribution in [1.82, 2.24) is 9.97 Å². The van der Waals surface area contributed by atoms with E-state index >= 15 is 0 Å². The Kier molecular flexibility index (Phi) is 8.26. The third-order valence-corrected chi connectivity index (χ3v) is 6.96. The fraction of sp³-hybridized carbons (Fsp3) is 0.120.